The third kappa shape index (κ3) is 2.88. The van der Waals surface area contributed by atoms with E-state index in [1.807, 2.05) is 13.0 Å². The standard InChI is InChI=1S/C18H22O4/c1-2-14(21-12-8-4-3-5-9-12)16-17(19)13-10-6-7-11-15(13)22-18(16)20/h6-7,10-12,14,19H,2-5,8-9H2,1H3. The molecule has 0 bridgehead atoms. The number of ether oxygens (including phenoxy) is 1. The summed E-state index contributed by atoms with van der Waals surface area (Å²) < 4.78 is 11.5. The molecule has 1 aromatic carbocycles. The van der Waals surface area contributed by atoms with E-state index in [9.17, 15) is 9.90 Å². The minimum absolute atomic E-state index is 0.00508. The highest BCUT2D eigenvalue weighted by Gasteiger charge is 2.26. The van der Waals surface area contributed by atoms with Gasteiger partial charge in [-0.25, -0.2) is 4.79 Å². The van der Waals surface area contributed by atoms with E-state index in [4.69, 9.17) is 9.15 Å². The van der Waals surface area contributed by atoms with E-state index >= 15 is 0 Å². The third-order valence-corrected chi connectivity index (χ3v) is 4.42. The first-order valence-electron chi connectivity index (χ1n) is 8.11. The number of aromatic hydroxyl groups is 1. The Labute approximate surface area is 129 Å². The number of para-hydroxylation sites is 1. The van der Waals surface area contributed by atoms with Crippen LogP contribution in [0.2, 0.25) is 0 Å². The van der Waals surface area contributed by atoms with Crippen LogP contribution < -0.4 is 5.63 Å². The van der Waals surface area contributed by atoms with Crippen molar-refractivity contribution in [1.29, 1.82) is 0 Å². The second kappa shape index (κ2) is 6.53. The fourth-order valence-electron chi connectivity index (χ4n) is 3.23. The van der Waals surface area contributed by atoms with Crippen LogP contribution in [0.5, 0.6) is 5.75 Å². The topological polar surface area (TPSA) is 59.7 Å². The molecule has 0 aliphatic heterocycles. The molecule has 4 nitrogen and oxygen atoms in total. The van der Waals surface area contributed by atoms with E-state index in [-0.39, 0.29) is 17.4 Å². The average Bonchev–Trinajstić information content (AvgIpc) is 2.55. The Morgan fingerprint density at radius 2 is 2.00 bits per heavy atom. The third-order valence-electron chi connectivity index (χ3n) is 4.42. The highest BCUT2D eigenvalue weighted by Crippen LogP contribution is 2.35. The van der Waals surface area contributed by atoms with Crippen molar-refractivity contribution in [2.24, 2.45) is 0 Å². The fraction of sp³-hybridized carbons (Fsp3) is 0.500. The van der Waals surface area contributed by atoms with Crippen LogP contribution in [0.1, 0.15) is 57.1 Å². The van der Waals surface area contributed by atoms with Crippen molar-refractivity contribution in [3.8, 4) is 5.75 Å². The number of benzene rings is 1. The van der Waals surface area contributed by atoms with E-state index in [2.05, 4.69) is 0 Å². The molecule has 0 amide bonds. The van der Waals surface area contributed by atoms with Crippen LogP contribution >= 0.6 is 0 Å². The summed E-state index contributed by atoms with van der Waals surface area (Å²) >= 11 is 0. The van der Waals surface area contributed by atoms with Crippen LogP contribution in [0.15, 0.2) is 33.5 Å². The minimum atomic E-state index is -0.501. The number of hydrogen-bond acceptors (Lipinski definition) is 4. The molecule has 118 valence electrons. The number of rotatable bonds is 4. The first-order chi connectivity index (χ1) is 10.7. The van der Waals surface area contributed by atoms with Crippen molar-refractivity contribution in [1.82, 2.24) is 0 Å². The number of fused-ring (bicyclic) bond motifs is 1. The van der Waals surface area contributed by atoms with Crippen LogP contribution in [-0.4, -0.2) is 11.2 Å². The smallest absolute Gasteiger partial charge is 0.345 e. The van der Waals surface area contributed by atoms with Gasteiger partial charge in [-0.05, 0) is 31.4 Å². The molecule has 1 fully saturated rings. The number of hydrogen-bond donors (Lipinski definition) is 1. The van der Waals surface area contributed by atoms with E-state index in [0.29, 0.717) is 17.4 Å². The zero-order valence-corrected chi connectivity index (χ0v) is 12.9. The summed E-state index contributed by atoms with van der Waals surface area (Å²) in [6, 6.07) is 7.03. The summed E-state index contributed by atoms with van der Waals surface area (Å²) in [5, 5.41) is 11.1. The SMILES string of the molecule is CCC(OC1CCCCC1)c1c(O)c2ccccc2oc1=O. The second-order valence-corrected chi connectivity index (χ2v) is 5.94. The van der Waals surface area contributed by atoms with Crippen LogP contribution in [0.25, 0.3) is 11.0 Å². The van der Waals surface area contributed by atoms with Gasteiger partial charge in [0, 0.05) is 0 Å². The molecule has 0 radical (unpaired) electrons. The molecule has 1 aromatic heterocycles. The summed E-state index contributed by atoms with van der Waals surface area (Å²) in [6.45, 7) is 1.96. The summed E-state index contributed by atoms with van der Waals surface area (Å²) in [6.07, 6.45) is 6.02. The van der Waals surface area contributed by atoms with Crippen molar-refractivity contribution in [3.63, 3.8) is 0 Å². The van der Waals surface area contributed by atoms with Gasteiger partial charge in [0.1, 0.15) is 16.9 Å². The molecule has 0 spiro atoms. The zero-order valence-electron chi connectivity index (χ0n) is 12.9. The van der Waals surface area contributed by atoms with Gasteiger partial charge in [0.15, 0.2) is 0 Å². The van der Waals surface area contributed by atoms with Gasteiger partial charge in [0.25, 0.3) is 0 Å². The molecule has 0 saturated heterocycles. The van der Waals surface area contributed by atoms with Crippen molar-refractivity contribution in [3.05, 3.63) is 40.2 Å². The lowest BCUT2D eigenvalue weighted by atomic mass is 9.97. The van der Waals surface area contributed by atoms with Gasteiger partial charge in [-0.2, -0.15) is 0 Å². The fourth-order valence-corrected chi connectivity index (χ4v) is 3.23. The average molecular weight is 302 g/mol. The lowest BCUT2D eigenvalue weighted by molar-refractivity contribution is -0.0351. The van der Waals surface area contributed by atoms with Gasteiger partial charge in [-0.15, -0.1) is 0 Å². The zero-order chi connectivity index (χ0) is 15.5. The summed E-state index contributed by atoms with van der Waals surface area (Å²) in [4.78, 5) is 12.3. The Hall–Kier alpha value is -1.81. The molecule has 3 rings (SSSR count). The van der Waals surface area contributed by atoms with Gasteiger partial charge in [0.05, 0.1) is 17.6 Å². The normalized spacial score (nSPS) is 17.7. The van der Waals surface area contributed by atoms with Crippen LogP contribution in [0.4, 0.5) is 0 Å². The van der Waals surface area contributed by atoms with E-state index in [1.54, 1.807) is 18.2 Å². The maximum atomic E-state index is 12.3. The monoisotopic (exact) mass is 302 g/mol. The molecule has 2 aromatic rings. The second-order valence-electron chi connectivity index (χ2n) is 5.94. The Morgan fingerprint density at radius 3 is 2.73 bits per heavy atom. The first kappa shape index (κ1) is 15.1. The largest absolute Gasteiger partial charge is 0.507 e. The quantitative estimate of drug-likeness (QED) is 0.855. The Bertz CT molecular complexity index is 698. The van der Waals surface area contributed by atoms with E-state index < -0.39 is 11.7 Å². The van der Waals surface area contributed by atoms with Crippen LogP contribution in [0, 0.1) is 0 Å². The minimum Gasteiger partial charge on any atom is -0.507 e. The predicted octanol–water partition coefficient (Wildman–Crippen LogP) is 4.30. The predicted molar refractivity (Wildman–Crippen MR) is 85.1 cm³/mol. The molecule has 1 unspecified atom stereocenters. The maximum absolute atomic E-state index is 12.3. The van der Waals surface area contributed by atoms with Crippen molar-refractivity contribution in [2.75, 3.05) is 0 Å². The summed E-state index contributed by atoms with van der Waals surface area (Å²) in [7, 11) is 0. The molecular weight excluding hydrogens is 280 g/mol. The van der Waals surface area contributed by atoms with E-state index in [0.717, 1.165) is 12.8 Å². The van der Waals surface area contributed by atoms with Gasteiger partial charge in [-0.3, -0.25) is 0 Å². The van der Waals surface area contributed by atoms with Gasteiger partial charge in [-0.1, -0.05) is 38.3 Å². The summed E-state index contributed by atoms with van der Waals surface area (Å²) in [5.41, 5.74) is 0.159. The molecule has 1 aliphatic carbocycles. The Balaban J connectivity index is 1.97. The maximum Gasteiger partial charge on any atom is 0.345 e. The Kier molecular flexibility index (Phi) is 4.48. The van der Waals surface area contributed by atoms with Crippen LogP contribution in [-0.2, 0) is 4.74 Å². The molecule has 1 saturated carbocycles. The molecule has 4 heteroatoms. The highest BCUT2D eigenvalue weighted by molar-refractivity contribution is 5.84. The van der Waals surface area contributed by atoms with Crippen LogP contribution in [0.3, 0.4) is 0 Å². The summed E-state index contributed by atoms with van der Waals surface area (Å²) in [5.74, 6) is -0.00508. The molecule has 1 aliphatic rings. The molecule has 1 heterocycles. The van der Waals surface area contributed by atoms with Crippen molar-refractivity contribution in [2.45, 2.75) is 57.7 Å². The highest BCUT2D eigenvalue weighted by atomic mass is 16.5. The van der Waals surface area contributed by atoms with Gasteiger partial charge < -0.3 is 14.3 Å². The van der Waals surface area contributed by atoms with E-state index in [1.165, 1.54) is 19.3 Å². The lowest BCUT2D eigenvalue weighted by Gasteiger charge is -2.27. The van der Waals surface area contributed by atoms with Crippen molar-refractivity contribution >= 4 is 11.0 Å². The molecule has 1 N–H and O–H groups in total. The Morgan fingerprint density at radius 1 is 1.27 bits per heavy atom. The van der Waals surface area contributed by atoms with Crippen molar-refractivity contribution < 1.29 is 14.3 Å². The molecular formula is C18H22O4. The first-order valence-corrected chi connectivity index (χ1v) is 8.11. The molecule has 1 atom stereocenters. The van der Waals surface area contributed by atoms with Gasteiger partial charge >= 0.3 is 5.63 Å². The lowest BCUT2D eigenvalue weighted by Crippen LogP contribution is -2.23. The molecule has 22 heavy (non-hydrogen) atoms. The van der Waals surface area contributed by atoms with Gasteiger partial charge in [0.2, 0.25) is 0 Å².